The zero-order valence-corrected chi connectivity index (χ0v) is 8.88. The number of hydrogen-bond acceptors (Lipinski definition) is 2. The second kappa shape index (κ2) is 3.60. The molecule has 0 saturated heterocycles. The summed E-state index contributed by atoms with van der Waals surface area (Å²) >= 11 is 0. The fraction of sp³-hybridized carbons (Fsp3) is 0.583. The topological polar surface area (TPSA) is 33.1 Å². The van der Waals surface area contributed by atoms with Gasteiger partial charge < -0.3 is 5.11 Å². The summed E-state index contributed by atoms with van der Waals surface area (Å²) in [6, 6.07) is 0. The van der Waals surface area contributed by atoms with Gasteiger partial charge in [0.1, 0.15) is 5.75 Å². The van der Waals surface area contributed by atoms with E-state index in [1.165, 1.54) is 17.7 Å². The summed E-state index contributed by atoms with van der Waals surface area (Å²) in [6.07, 6.45) is 5.95. The lowest BCUT2D eigenvalue weighted by Crippen LogP contribution is -2.01. The Morgan fingerprint density at radius 1 is 1.43 bits per heavy atom. The van der Waals surface area contributed by atoms with Crippen LogP contribution in [-0.2, 0) is 19.3 Å². The molecule has 0 saturated carbocycles. The van der Waals surface area contributed by atoms with Crippen molar-refractivity contribution in [1.82, 2.24) is 4.98 Å². The highest BCUT2D eigenvalue weighted by atomic mass is 16.3. The van der Waals surface area contributed by atoms with E-state index < -0.39 is 0 Å². The SMILES string of the molecule is CC(C)Cc1c(O)cnc2c1CCC2. The van der Waals surface area contributed by atoms with Gasteiger partial charge in [0.2, 0.25) is 0 Å². The molecule has 2 nitrogen and oxygen atoms in total. The summed E-state index contributed by atoms with van der Waals surface area (Å²) in [7, 11) is 0. The highest BCUT2D eigenvalue weighted by Crippen LogP contribution is 2.30. The molecule has 1 aliphatic carbocycles. The van der Waals surface area contributed by atoms with Crippen molar-refractivity contribution in [2.45, 2.75) is 39.5 Å². The molecule has 0 aromatic carbocycles. The number of aromatic hydroxyl groups is 1. The predicted molar refractivity (Wildman–Crippen MR) is 56.5 cm³/mol. The van der Waals surface area contributed by atoms with Crippen LogP contribution in [0.1, 0.15) is 37.1 Å². The van der Waals surface area contributed by atoms with Crippen LogP contribution < -0.4 is 0 Å². The molecule has 0 atom stereocenters. The second-order valence-electron chi connectivity index (χ2n) is 4.50. The van der Waals surface area contributed by atoms with Gasteiger partial charge in [-0.15, -0.1) is 0 Å². The summed E-state index contributed by atoms with van der Waals surface area (Å²) < 4.78 is 0. The number of aryl methyl sites for hydroxylation is 1. The quantitative estimate of drug-likeness (QED) is 0.779. The summed E-state index contributed by atoms with van der Waals surface area (Å²) in [5.41, 5.74) is 3.67. The molecule has 0 unspecified atom stereocenters. The van der Waals surface area contributed by atoms with Gasteiger partial charge in [0.25, 0.3) is 0 Å². The van der Waals surface area contributed by atoms with Crippen molar-refractivity contribution in [2.24, 2.45) is 5.92 Å². The van der Waals surface area contributed by atoms with E-state index in [0.717, 1.165) is 24.8 Å². The van der Waals surface area contributed by atoms with E-state index in [1.807, 2.05) is 0 Å². The van der Waals surface area contributed by atoms with Crippen molar-refractivity contribution in [2.75, 3.05) is 0 Å². The maximum atomic E-state index is 9.76. The molecule has 2 heteroatoms. The largest absolute Gasteiger partial charge is 0.506 e. The molecular formula is C12H17NO. The third-order valence-corrected chi connectivity index (χ3v) is 2.82. The fourth-order valence-electron chi connectivity index (χ4n) is 2.20. The molecule has 1 aliphatic rings. The third kappa shape index (κ3) is 1.61. The van der Waals surface area contributed by atoms with E-state index in [-0.39, 0.29) is 0 Å². The average molecular weight is 191 g/mol. The molecule has 14 heavy (non-hydrogen) atoms. The maximum Gasteiger partial charge on any atom is 0.137 e. The molecule has 0 fully saturated rings. The standard InChI is InChI=1S/C12H17NO/c1-8(2)6-10-9-4-3-5-11(9)13-7-12(10)14/h7-8,14H,3-6H2,1-2H3. The third-order valence-electron chi connectivity index (χ3n) is 2.82. The van der Waals surface area contributed by atoms with Crippen molar-refractivity contribution in [1.29, 1.82) is 0 Å². The van der Waals surface area contributed by atoms with E-state index in [9.17, 15) is 5.11 Å². The minimum Gasteiger partial charge on any atom is -0.506 e. The first-order chi connectivity index (χ1) is 6.68. The first kappa shape index (κ1) is 9.50. The number of nitrogens with zero attached hydrogens (tertiary/aromatic N) is 1. The van der Waals surface area contributed by atoms with Gasteiger partial charge in [0, 0.05) is 11.3 Å². The highest BCUT2D eigenvalue weighted by Gasteiger charge is 2.19. The molecule has 1 aromatic rings. The first-order valence-corrected chi connectivity index (χ1v) is 5.37. The molecule has 0 radical (unpaired) electrons. The summed E-state index contributed by atoms with van der Waals surface area (Å²) in [6.45, 7) is 4.36. The molecular weight excluding hydrogens is 174 g/mol. The van der Waals surface area contributed by atoms with Crippen molar-refractivity contribution in [3.05, 3.63) is 23.0 Å². The molecule has 0 spiro atoms. The molecule has 0 bridgehead atoms. The van der Waals surface area contributed by atoms with Crippen molar-refractivity contribution in [3.63, 3.8) is 0 Å². The Morgan fingerprint density at radius 2 is 2.21 bits per heavy atom. The van der Waals surface area contributed by atoms with Crippen LogP contribution in [-0.4, -0.2) is 10.1 Å². The number of pyridine rings is 1. The van der Waals surface area contributed by atoms with Gasteiger partial charge in [-0.1, -0.05) is 13.8 Å². The van der Waals surface area contributed by atoms with Crippen LogP contribution in [0.5, 0.6) is 5.75 Å². The Morgan fingerprint density at radius 3 is 2.93 bits per heavy atom. The second-order valence-corrected chi connectivity index (χ2v) is 4.50. The lowest BCUT2D eigenvalue weighted by Gasteiger charge is -2.11. The lowest BCUT2D eigenvalue weighted by molar-refractivity contribution is 0.458. The highest BCUT2D eigenvalue weighted by molar-refractivity contribution is 5.42. The van der Waals surface area contributed by atoms with E-state index in [4.69, 9.17) is 0 Å². The number of fused-ring (bicyclic) bond motifs is 1. The van der Waals surface area contributed by atoms with Crippen LogP contribution in [0.15, 0.2) is 6.20 Å². The van der Waals surface area contributed by atoms with Gasteiger partial charge in [0.05, 0.1) is 6.20 Å². The van der Waals surface area contributed by atoms with E-state index in [1.54, 1.807) is 6.20 Å². The Balaban J connectivity index is 2.41. The van der Waals surface area contributed by atoms with Crippen molar-refractivity contribution >= 4 is 0 Å². The smallest absolute Gasteiger partial charge is 0.137 e. The fourth-order valence-corrected chi connectivity index (χ4v) is 2.20. The average Bonchev–Trinajstić information content (AvgIpc) is 2.57. The van der Waals surface area contributed by atoms with Crippen molar-refractivity contribution < 1.29 is 5.11 Å². The van der Waals surface area contributed by atoms with Crippen LogP contribution in [0.25, 0.3) is 0 Å². The van der Waals surface area contributed by atoms with Gasteiger partial charge in [-0.25, -0.2) is 0 Å². The molecule has 2 rings (SSSR count). The Labute approximate surface area is 85.0 Å². The van der Waals surface area contributed by atoms with Crippen LogP contribution in [0.2, 0.25) is 0 Å². The number of rotatable bonds is 2. The Bertz CT molecular complexity index is 344. The summed E-state index contributed by atoms with van der Waals surface area (Å²) in [4.78, 5) is 4.28. The molecule has 0 amide bonds. The monoisotopic (exact) mass is 191 g/mol. The van der Waals surface area contributed by atoms with Crippen LogP contribution in [0.3, 0.4) is 0 Å². The van der Waals surface area contributed by atoms with Crippen LogP contribution in [0.4, 0.5) is 0 Å². The van der Waals surface area contributed by atoms with Gasteiger partial charge in [-0.3, -0.25) is 4.98 Å². The Kier molecular flexibility index (Phi) is 2.44. The summed E-state index contributed by atoms with van der Waals surface area (Å²) in [5, 5.41) is 9.76. The molecule has 1 N–H and O–H groups in total. The van der Waals surface area contributed by atoms with E-state index >= 15 is 0 Å². The van der Waals surface area contributed by atoms with E-state index in [0.29, 0.717) is 11.7 Å². The normalized spacial score (nSPS) is 14.8. The van der Waals surface area contributed by atoms with Gasteiger partial charge >= 0.3 is 0 Å². The minimum absolute atomic E-state index is 0.388. The van der Waals surface area contributed by atoms with Crippen LogP contribution >= 0.6 is 0 Å². The van der Waals surface area contributed by atoms with E-state index in [2.05, 4.69) is 18.8 Å². The maximum absolute atomic E-state index is 9.76. The van der Waals surface area contributed by atoms with Gasteiger partial charge in [-0.2, -0.15) is 0 Å². The van der Waals surface area contributed by atoms with Crippen molar-refractivity contribution in [3.8, 4) is 5.75 Å². The summed E-state index contributed by atoms with van der Waals surface area (Å²) in [5.74, 6) is 0.979. The molecule has 76 valence electrons. The van der Waals surface area contributed by atoms with Gasteiger partial charge in [0.15, 0.2) is 0 Å². The number of hydrogen-bond donors (Lipinski definition) is 1. The van der Waals surface area contributed by atoms with Gasteiger partial charge in [-0.05, 0) is 37.2 Å². The number of aromatic nitrogens is 1. The molecule has 0 aliphatic heterocycles. The molecule has 1 aromatic heterocycles. The zero-order valence-electron chi connectivity index (χ0n) is 8.88. The zero-order chi connectivity index (χ0) is 10.1. The minimum atomic E-state index is 0.388. The molecule has 1 heterocycles. The first-order valence-electron chi connectivity index (χ1n) is 5.37. The van der Waals surface area contributed by atoms with Crippen LogP contribution in [0, 0.1) is 5.92 Å². The Hall–Kier alpha value is -1.05. The predicted octanol–water partition coefficient (Wildman–Crippen LogP) is 2.47. The lowest BCUT2D eigenvalue weighted by atomic mass is 9.97.